The van der Waals surface area contributed by atoms with E-state index in [9.17, 15) is 19.5 Å². The van der Waals surface area contributed by atoms with Gasteiger partial charge in [-0.3, -0.25) is 4.79 Å². The molecule has 1 aromatic heterocycles. The zero-order chi connectivity index (χ0) is 15.4. The highest BCUT2D eigenvalue weighted by Gasteiger charge is 2.27. The van der Waals surface area contributed by atoms with Crippen LogP contribution in [0.5, 0.6) is 0 Å². The second kappa shape index (κ2) is 6.57. The molecule has 0 bridgehead atoms. The van der Waals surface area contributed by atoms with Crippen molar-refractivity contribution < 1.29 is 19.5 Å². The molecule has 8 heteroatoms. The Morgan fingerprint density at radius 3 is 2.33 bits per heavy atom. The maximum Gasteiger partial charge on any atom is 0.331 e. The van der Waals surface area contributed by atoms with Gasteiger partial charge < -0.3 is 20.2 Å². The number of hydrogen-bond acceptors (Lipinski definition) is 4. The van der Waals surface area contributed by atoms with Gasteiger partial charge in [0.05, 0.1) is 0 Å². The van der Waals surface area contributed by atoms with E-state index in [1.54, 1.807) is 22.4 Å². The van der Waals surface area contributed by atoms with E-state index in [2.05, 4.69) is 5.32 Å². The predicted molar refractivity (Wildman–Crippen MR) is 77.1 cm³/mol. The van der Waals surface area contributed by atoms with Crippen molar-refractivity contribution in [3.8, 4) is 0 Å². The average molecular weight is 311 g/mol. The second-order valence-corrected chi connectivity index (χ2v) is 5.71. The summed E-state index contributed by atoms with van der Waals surface area (Å²) in [6, 6.07) is 1.97. The van der Waals surface area contributed by atoms with Gasteiger partial charge in [-0.1, -0.05) is 6.07 Å². The fourth-order valence-electron chi connectivity index (χ4n) is 2.15. The molecule has 0 aliphatic carbocycles. The summed E-state index contributed by atoms with van der Waals surface area (Å²) in [5.41, 5.74) is 0. The van der Waals surface area contributed by atoms with Crippen LogP contribution in [-0.4, -0.2) is 59.0 Å². The van der Waals surface area contributed by atoms with Crippen molar-refractivity contribution in [3.63, 3.8) is 0 Å². The van der Waals surface area contributed by atoms with E-state index in [1.807, 2.05) is 0 Å². The summed E-state index contributed by atoms with van der Waals surface area (Å²) in [6.07, 6.45) is 0. The number of amides is 3. The molecule has 0 saturated carbocycles. The van der Waals surface area contributed by atoms with Crippen LogP contribution in [0.2, 0.25) is 0 Å². The molecule has 0 aromatic carbocycles. The zero-order valence-corrected chi connectivity index (χ0v) is 12.4. The van der Waals surface area contributed by atoms with Gasteiger partial charge in [0.25, 0.3) is 0 Å². The van der Waals surface area contributed by atoms with Crippen LogP contribution in [0.3, 0.4) is 0 Å². The number of carboxylic acids is 1. The molecule has 1 unspecified atom stereocenters. The van der Waals surface area contributed by atoms with Crippen molar-refractivity contribution in [1.82, 2.24) is 15.1 Å². The molecule has 3 amide bonds. The molecule has 1 atom stereocenters. The molecule has 0 radical (unpaired) electrons. The average Bonchev–Trinajstić information content (AvgIpc) is 2.98. The van der Waals surface area contributed by atoms with E-state index in [0.29, 0.717) is 31.1 Å². The molecule has 2 rings (SSSR count). The molecule has 1 fully saturated rings. The molecule has 21 heavy (non-hydrogen) atoms. The van der Waals surface area contributed by atoms with Gasteiger partial charge >= 0.3 is 12.0 Å². The Hall–Kier alpha value is -2.09. The topological polar surface area (TPSA) is 90.0 Å². The first-order valence-corrected chi connectivity index (χ1v) is 7.44. The molecular formula is C13H17N3O4S. The van der Waals surface area contributed by atoms with Gasteiger partial charge in [0.15, 0.2) is 6.04 Å². The van der Waals surface area contributed by atoms with Crippen molar-refractivity contribution in [2.45, 2.75) is 13.0 Å². The molecule has 1 aromatic rings. The summed E-state index contributed by atoms with van der Waals surface area (Å²) in [7, 11) is 0. The number of piperazine rings is 1. The number of nitrogens with one attached hydrogen (secondary N) is 1. The molecular weight excluding hydrogens is 294 g/mol. The van der Waals surface area contributed by atoms with Crippen molar-refractivity contribution in [2.24, 2.45) is 0 Å². The van der Waals surface area contributed by atoms with E-state index in [4.69, 9.17) is 0 Å². The van der Waals surface area contributed by atoms with Gasteiger partial charge in [0.2, 0.25) is 5.91 Å². The fraction of sp³-hybridized carbons (Fsp3) is 0.462. The number of aliphatic carboxylic acids is 1. The Bertz CT molecular complexity index is 524. The van der Waals surface area contributed by atoms with Crippen molar-refractivity contribution >= 4 is 29.2 Å². The fourth-order valence-corrected chi connectivity index (χ4v) is 2.92. The Balaban J connectivity index is 1.94. The van der Waals surface area contributed by atoms with Crippen LogP contribution in [0.4, 0.5) is 4.79 Å². The van der Waals surface area contributed by atoms with E-state index in [-0.39, 0.29) is 5.91 Å². The number of carbonyl (C=O) groups excluding carboxylic acids is 2. The summed E-state index contributed by atoms with van der Waals surface area (Å²) < 4.78 is 0. The van der Waals surface area contributed by atoms with Gasteiger partial charge in [-0.2, -0.15) is 0 Å². The summed E-state index contributed by atoms with van der Waals surface area (Å²) in [5.74, 6) is -1.11. The lowest BCUT2D eigenvalue weighted by molar-refractivity contribution is -0.139. The minimum absolute atomic E-state index is 0.0166. The Morgan fingerprint density at radius 1 is 1.24 bits per heavy atom. The van der Waals surface area contributed by atoms with E-state index >= 15 is 0 Å². The van der Waals surface area contributed by atoms with Crippen molar-refractivity contribution in [3.05, 3.63) is 22.4 Å². The highest BCUT2D eigenvalue weighted by Crippen LogP contribution is 2.19. The quantitative estimate of drug-likeness (QED) is 0.862. The van der Waals surface area contributed by atoms with Crippen LogP contribution in [-0.2, 0) is 9.59 Å². The van der Waals surface area contributed by atoms with E-state index in [1.165, 1.54) is 23.2 Å². The van der Waals surface area contributed by atoms with Gasteiger partial charge in [-0.25, -0.2) is 9.59 Å². The van der Waals surface area contributed by atoms with Gasteiger partial charge in [-0.15, -0.1) is 11.3 Å². The standard InChI is InChI=1S/C13H17N3O4S/c1-9(17)15-4-6-16(7-5-15)13(20)14-11(12(18)19)10-3-2-8-21-10/h2-3,8,11H,4-7H2,1H3,(H,14,20)(H,18,19). The van der Waals surface area contributed by atoms with Crippen LogP contribution in [0.25, 0.3) is 0 Å². The number of carbonyl (C=O) groups is 3. The number of rotatable bonds is 3. The number of urea groups is 1. The van der Waals surface area contributed by atoms with Crippen LogP contribution in [0.15, 0.2) is 17.5 Å². The Labute approximate surface area is 126 Å². The largest absolute Gasteiger partial charge is 0.479 e. The second-order valence-electron chi connectivity index (χ2n) is 4.73. The molecule has 2 N–H and O–H groups in total. The molecule has 2 heterocycles. The summed E-state index contributed by atoms with van der Waals surface area (Å²) in [4.78, 5) is 38.4. The number of thiophene rings is 1. The van der Waals surface area contributed by atoms with Crippen LogP contribution >= 0.6 is 11.3 Å². The molecule has 1 aliphatic heterocycles. The summed E-state index contributed by atoms with van der Waals surface area (Å²) >= 11 is 1.29. The predicted octanol–water partition coefficient (Wildman–Crippen LogP) is 0.748. The number of nitrogens with zero attached hydrogens (tertiary/aromatic N) is 2. The maximum atomic E-state index is 12.1. The molecule has 7 nitrogen and oxygen atoms in total. The Morgan fingerprint density at radius 2 is 1.86 bits per heavy atom. The van der Waals surface area contributed by atoms with Crippen LogP contribution < -0.4 is 5.32 Å². The lowest BCUT2D eigenvalue weighted by Crippen LogP contribution is -2.53. The van der Waals surface area contributed by atoms with Crippen LogP contribution in [0, 0.1) is 0 Å². The third kappa shape index (κ3) is 3.72. The first-order chi connectivity index (χ1) is 9.99. The van der Waals surface area contributed by atoms with Crippen molar-refractivity contribution in [2.75, 3.05) is 26.2 Å². The highest BCUT2D eigenvalue weighted by atomic mass is 32.1. The first kappa shape index (κ1) is 15.3. The summed E-state index contributed by atoms with van der Waals surface area (Å²) in [5, 5.41) is 13.5. The molecule has 1 aliphatic rings. The number of carboxylic acid groups (broad SMARTS) is 1. The van der Waals surface area contributed by atoms with Crippen LogP contribution in [0.1, 0.15) is 17.8 Å². The van der Waals surface area contributed by atoms with Gasteiger partial charge in [0.1, 0.15) is 0 Å². The Kier molecular flexibility index (Phi) is 4.79. The monoisotopic (exact) mass is 311 g/mol. The highest BCUT2D eigenvalue weighted by molar-refractivity contribution is 7.10. The minimum Gasteiger partial charge on any atom is -0.479 e. The first-order valence-electron chi connectivity index (χ1n) is 6.56. The van der Waals surface area contributed by atoms with Crippen molar-refractivity contribution in [1.29, 1.82) is 0 Å². The minimum atomic E-state index is -1.09. The third-order valence-electron chi connectivity index (χ3n) is 3.35. The molecule has 1 saturated heterocycles. The van der Waals surface area contributed by atoms with E-state index in [0.717, 1.165) is 0 Å². The van der Waals surface area contributed by atoms with Gasteiger partial charge in [-0.05, 0) is 11.4 Å². The number of hydrogen-bond donors (Lipinski definition) is 2. The zero-order valence-electron chi connectivity index (χ0n) is 11.6. The molecule has 0 spiro atoms. The molecule has 114 valence electrons. The maximum absolute atomic E-state index is 12.1. The SMILES string of the molecule is CC(=O)N1CCN(C(=O)NC(C(=O)O)c2cccs2)CC1. The lowest BCUT2D eigenvalue weighted by Gasteiger charge is -2.34. The lowest BCUT2D eigenvalue weighted by atomic mass is 10.2. The van der Waals surface area contributed by atoms with Gasteiger partial charge in [0, 0.05) is 38.0 Å². The normalized spacial score (nSPS) is 16.4. The summed E-state index contributed by atoms with van der Waals surface area (Å²) in [6.45, 7) is 3.25. The van der Waals surface area contributed by atoms with E-state index < -0.39 is 18.0 Å². The third-order valence-corrected chi connectivity index (χ3v) is 4.29. The smallest absolute Gasteiger partial charge is 0.331 e.